The van der Waals surface area contributed by atoms with E-state index in [1.807, 2.05) is 18.2 Å². The second kappa shape index (κ2) is 2.82. The first-order valence-corrected chi connectivity index (χ1v) is 4.84. The van der Waals surface area contributed by atoms with E-state index in [1.54, 1.807) is 0 Å². The van der Waals surface area contributed by atoms with Crippen molar-refractivity contribution in [1.29, 1.82) is 0 Å². The average molecular weight is 190 g/mol. The van der Waals surface area contributed by atoms with Crippen molar-refractivity contribution in [2.75, 3.05) is 6.54 Å². The number of rotatable bonds is 0. The fourth-order valence-electron chi connectivity index (χ4n) is 2.16. The Hall–Kier alpha value is -1.35. The minimum absolute atomic E-state index is 0.393. The molecule has 0 saturated heterocycles. The third-order valence-electron chi connectivity index (χ3n) is 2.84. The van der Waals surface area contributed by atoms with Gasteiger partial charge in [0, 0.05) is 23.1 Å². The predicted octanol–water partition coefficient (Wildman–Crippen LogP) is 2.41. The molecular formula is C11H11FN2. The van der Waals surface area contributed by atoms with E-state index in [-0.39, 0.29) is 0 Å². The van der Waals surface area contributed by atoms with E-state index in [1.165, 1.54) is 10.9 Å². The fourth-order valence-corrected chi connectivity index (χ4v) is 2.16. The molecule has 0 amide bonds. The Kier molecular flexibility index (Phi) is 1.61. The van der Waals surface area contributed by atoms with E-state index in [0.717, 1.165) is 22.8 Å². The summed E-state index contributed by atoms with van der Waals surface area (Å²) in [6.07, 6.45) is 0.801. The quantitative estimate of drug-likeness (QED) is 0.632. The van der Waals surface area contributed by atoms with Crippen LogP contribution in [-0.2, 0) is 13.0 Å². The molecule has 1 aromatic heterocycles. The van der Waals surface area contributed by atoms with E-state index in [4.69, 9.17) is 0 Å². The fraction of sp³-hybridized carbons (Fsp3) is 0.273. The van der Waals surface area contributed by atoms with Gasteiger partial charge in [-0.2, -0.15) is 0 Å². The highest BCUT2D eigenvalue weighted by Gasteiger charge is 2.19. The highest BCUT2D eigenvalue weighted by Crippen LogP contribution is 2.27. The Balaban J connectivity index is 2.24. The van der Waals surface area contributed by atoms with Gasteiger partial charge in [0.1, 0.15) is 0 Å². The Bertz CT molecular complexity index is 475. The number of nitrogens with one attached hydrogen (secondary N) is 1. The summed E-state index contributed by atoms with van der Waals surface area (Å²) < 4.78 is 13.0. The zero-order valence-corrected chi connectivity index (χ0v) is 7.76. The normalized spacial score (nSPS) is 17.2. The predicted molar refractivity (Wildman–Crippen MR) is 53.5 cm³/mol. The largest absolute Gasteiger partial charge is 0.357 e. The molecular weight excluding hydrogens is 179 g/mol. The van der Waals surface area contributed by atoms with E-state index in [0.29, 0.717) is 13.1 Å². The van der Waals surface area contributed by atoms with Gasteiger partial charge in [-0.25, -0.2) is 0 Å². The van der Waals surface area contributed by atoms with Gasteiger partial charge in [0.25, 0.3) is 0 Å². The number of benzene rings is 1. The van der Waals surface area contributed by atoms with Crippen molar-refractivity contribution in [3.8, 4) is 0 Å². The van der Waals surface area contributed by atoms with Gasteiger partial charge in [-0.15, -0.1) is 9.60 Å². The molecule has 0 unspecified atom stereocenters. The molecule has 0 aliphatic carbocycles. The van der Waals surface area contributed by atoms with E-state index in [2.05, 4.69) is 11.1 Å². The molecule has 0 radical (unpaired) electrons. The summed E-state index contributed by atoms with van der Waals surface area (Å²) in [6, 6.07) is 8.16. The first kappa shape index (κ1) is 8.00. The summed E-state index contributed by atoms with van der Waals surface area (Å²) in [7, 11) is 0. The number of para-hydroxylation sites is 1. The first-order chi connectivity index (χ1) is 6.84. The lowest BCUT2D eigenvalue weighted by atomic mass is 10.0. The molecule has 0 fully saturated rings. The van der Waals surface area contributed by atoms with Crippen molar-refractivity contribution >= 4 is 10.9 Å². The standard InChI is InChI=1S/C11H11FN2/c12-14-6-5-9-8-3-1-2-4-10(8)13-11(9)7-14/h1-4,13H,5-7H2. The number of nitrogens with zero attached hydrogens (tertiary/aromatic N) is 1. The summed E-state index contributed by atoms with van der Waals surface area (Å²) in [5.74, 6) is 0. The number of aromatic nitrogens is 1. The van der Waals surface area contributed by atoms with Crippen LogP contribution in [0.2, 0.25) is 0 Å². The third-order valence-corrected chi connectivity index (χ3v) is 2.84. The maximum Gasteiger partial charge on any atom is 0.0695 e. The summed E-state index contributed by atoms with van der Waals surface area (Å²) in [6.45, 7) is 0.902. The zero-order chi connectivity index (χ0) is 9.54. The van der Waals surface area contributed by atoms with Crippen molar-refractivity contribution in [1.82, 2.24) is 10.1 Å². The lowest BCUT2D eigenvalue weighted by Crippen LogP contribution is -2.22. The van der Waals surface area contributed by atoms with E-state index in [9.17, 15) is 4.48 Å². The molecule has 0 saturated carbocycles. The van der Waals surface area contributed by atoms with Gasteiger partial charge in [0.05, 0.1) is 6.54 Å². The van der Waals surface area contributed by atoms with Gasteiger partial charge in [-0.05, 0) is 18.1 Å². The number of aromatic amines is 1. The first-order valence-electron chi connectivity index (χ1n) is 4.84. The smallest absolute Gasteiger partial charge is 0.0695 e. The zero-order valence-electron chi connectivity index (χ0n) is 7.76. The SMILES string of the molecule is FN1CCc2c([nH]c3ccccc23)C1. The molecule has 3 rings (SSSR count). The molecule has 2 nitrogen and oxygen atoms in total. The van der Waals surface area contributed by atoms with Crippen LogP contribution in [0.4, 0.5) is 4.48 Å². The van der Waals surface area contributed by atoms with Crippen LogP contribution < -0.4 is 0 Å². The van der Waals surface area contributed by atoms with Crippen LogP contribution in [-0.4, -0.2) is 16.7 Å². The summed E-state index contributed by atoms with van der Waals surface area (Å²) in [5, 5.41) is 2.10. The molecule has 2 heterocycles. The van der Waals surface area contributed by atoms with Crippen molar-refractivity contribution in [3.63, 3.8) is 0 Å². The maximum atomic E-state index is 13.0. The minimum atomic E-state index is 0.393. The molecule has 1 N–H and O–H groups in total. The van der Waals surface area contributed by atoms with Gasteiger partial charge in [0.2, 0.25) is 0 Å². The van der Waals surface area contributed by atoms with Crippen LogP contribution in [0.1, 0.15) is 11.3 Å². The molecule has 1 aromatic carbocycles. The van der Waals surface area contributed by atoms with Crippen LogP contribution in [0, 0.1) is 0 Å². The van der Waals surface area contributed by atoms with Crippen LogP contribution >= 0.6 is 0 Å². The lowest BCUT2D eigenvalue weighted by molar-refractivity contribution is 0.00938. The molecule has 0 atom stereocenters. The molecule has 0 bridgehead atoms. The van der Waals surface area contributed by atoms with Crippen molar-refractivity contribution < 1.29 is 4.48 Å². The molecule has 14 heavy (non-hydrogen) atoms. The Morgan fingerprint density at radius 1 is 1.29 bits per heavy atom. The second-order valence-electron chi connectivity index (χ2n) is 3.72. The number of halogens is 1. The number of fused-ring (bicyclic) bond motifs is 3. The van der Waals surface area contributed by atoms with Crippen LogP contribution in [0.25, 0.3) is 10.9 Å². The molecule has 1 aliphatic rings. The Labute approximate surface area is 81.3 Å². The number of H-pyrrole nitrogens is 1. The van der Waals surface area contributed by atoms with Crippen molar-refractivity contribution in [2.45, 2.75) is 13.0 Å². The van der Waals surface area contributed by atoms with Crippen molar-refractivity contribution in [2.24, 2.45) is 0 Å². The molecule has 3 heteroatoms. The maximum absolute atomic E-state index is 13.0. The minimum Gasteiger partial charge on any atom is -0.357 e. The van der Waals surface area contributed by atoms with E-state index < -0.39 is 0 Å². The molecule has 0 spiro atoms. The van der Waals surface area contributed by atoms with Gasteiger partial charge >= 0.3 is 0 Å². The third kappa shape index (κ3) is 1.06. The lowest BCUT2D eigenvalue weighted by Gasteiger charge is -2.17. The Morgan fingerprint density at radius 3 is 3.07 bits per heavy atom. The van der Waals surface area contributed by atoms with Gasteiger partial charge < -0.3 is 4.98 Å². The monoisotopic (exact) mass is 190 g/mol. The highest BCUT2D eigenvalue weighted by molar-refractivity contribution is 5.84. The van der Waals surface area contributed by atoms with Gasteiger partial charge in [0.15, 0.2) is 0 Å². The molecule has 2 aromatic rings. The van der Waals surface area contributed by atoms with Crippen LogP contribution in [0.3, 0.4) is 0 Å². The highest BCUT2D eigenvalue weighted by atomic mass is 19.2. The topological polar surface area (TPSA) is 19.0 Å². The summed E-state index contributed by atoms with van der Waals surface area (Å²) in [5.41, 5.74) is 3.43. The van der Waals surface area contributed by atoms with Crippen LogP contribution in [0.15, 0.2) is 24.3 Å². The van der Waals surface area contributed by atoms with Crippen molar-refractivity contribution in [3.05, 3.63) is 35.5 Å². The van der Waals surface area contributed by atoms with Crippen LogP contribution in [0.5, 0.6) is 0 Å². The number of hydrogen-bond donors (Lipinski definition) is 1. The summed E-state index contributed by atoms with van der Waals surface area (Å²) in [4.78, 5) is 3.26. The Morgan fingerprint density at radius 2 is 2.14 bits per heavy atom. The molecule has 72 valence electrons. The summed E-state index contributed by atoms with van der Waals surface area (Å²) >= 11 is 0. The second-order valence-corrected chi connectivity index (χ2v) is 3.72. The van der Waals surface area contributed by atoms with Gasteiger partial charge in [-0.1, -0.05) is 18.2 Å². The van der Waals surface area contributed by atoms with Gasteiger partial charge in [-0.3, -0.25) is 0 Å². The molecule has 1 aliphatic heterocycles. The average Bonchev–Trinajstić information content (AvgIpc) is 2.54. The number of hydrogen-bond acceptors (Lipinski definition) is 1. The van der Waals surface area contributed by atoms with E-state index >= 15 is 0 Å².